The Balaban J connectivity index is 1.73. The molecule has 144 valence electrons. The van der Waals surface area contributed by atoms with Gasteiger partial charge in [0.1, 0.15) is 5.75 Å². The van der Waals surface area contributed by atoms with Crippen molar-refractivity contribution in [3.63, 3.8) is 0 Å². The molecule has 0 aliphatic carbocycles. The number of oxime groups is 1. The number of hydrogen-bond donors (Lipinski definition) is 2. The summed E-state index contributed by atoms with van der Waals surface area (Å²) >= 11 is 0. The second-order valence-electron chi connectivity index (χ2n) is 5.94. The predicted molar refractivity (Wildman–Crippen MR) is 99.4 cm³/mol. The number of alkyl halides is 3. The fourth-order valence-corrected chi connectivity index (χ4v) is 2.62. The Bertz CT molecular complexity index is 1060. The van der Waals surface area contributed by atoms with Crippen LogP contribution >= 0.6 is 0 Å². The Morgan fingerprint density at radius 2 is 1.82 bits per heavy atom. The Labute approximate surface area is 158 Å². The van der Waals surface area contributed by atoms with E-state index in [4.69, 9.17) is 4.84 Å². The highest BCUT2D eigenvalue weighted by atomic mass is 19.4. The van der Waals surface area contributed by atoms with Gasteiger partial charge in [0.2, 0.25) is 0 Å². The maximum Gasteiger partial charge on any atom is 0.437 e. The van der Waals surface area contributed by atoms with Gasteiger partial charge in [-0.15, -0.1) is 0 Å². The lowest BCUT2D eigenvalue weighted by molar-refractivity contribution is -0.137. The number of nitrogens with one attached hydrogen (secondary N) is 1. The molecule has 0 spiro atoms. The standard InChI is InChI=1S/C20H15F3N2O3/c1-12(16-10-9-13-5-2-3-8-17(13)18(16)26)25-28-19(27)24-15-7-4-6-14(11-15)20(21,22)23/h2-11,26H,1H3,(H,24,27)/b25-12-. The van der Waals surface area contributed by atoms with Crippen molar-refractivity contribution >= 4 is 28.3 Å². The molecule has 1 amide bonds. The Morgan fingerprint density at radius 1 is 1.07 bits per heavy atom. The molecule has 28 heavy (non-hydrogen) atoms. The number of carbonyl (C=O) groups excluding carboxylic acids is 1. The quantitative estimate of drug-likeness (QED) is 0.352. The van der Waals surface area contributed by atoms with E-state index in [1.165, 1.54) is 19.1 Å². The normalized spacial score (nSPS) is 12.1. The van der Waals surface area contributed by atoms with Crippen molar-refractivity contribution in [1.29, 1.82) is 0 Å². The van der Waals surface area contributed by atoms with Crippen LogP contribution in [0.1, 0.15) is 18.1 Å². The fraction of sp³-hybridized carbons (Fsp3) is 0.100. The first kappa shape index (κ1) is 19.2. The third kappa shape index (κ3) is 4.22. The van der Waals surface area contributed by atoms with Crippen molar-refractivity contribution in [1.82, 2.24) is 0 Å². The average Bonchev–Trinajstić information content (AvgIpc) is 2.66. The topological polar surface area (TPSA) is 70.9 Å². The molecule has 8 heteroatoms. The summed E-state index contributed by atoms with van der Waals surface area (Å²) in [5.41, 5.74) is -0.389. The number of rotatable bonds is 3. The summed E-state index contributed by atoms with van der Waals surface area (Å²) in [6, 6.07) is 14.7. The van der Waals surface area contributed by atoms with Gasteiger partial charge in [-0.25, -0.2) is 4.79 Å². The lowest BCUT2D eigenvalue weighted by Gasteiger charge is -2.09. The van der Waals surface area contributed by atoms with Crippen LogP contribution in [0.2, 0.25) is 0 Å². The number of hydrogen-bond acceptors (Lipinski definition) is 4. The van der Waals surface area contributed by atoms with Crippen molar-refractivity contribution in [2.75, 3.05) is 5.32 Å². The second-order valence-corrected chi connectivity index (χ2v) is 5.94. The average molecular weight is 388 g/mol. The van der Waals surface area contributed by atoms with Crippen LogP contribution < -0.4 is 5.32 Å². The maximum absolute atomic E-state index is 12.7. The maximum atomic E-state index is 12.7. The third-order valence-corrected chi connectivity index (χ3v) is 3.99. The molecule has 0 aliphatic rings. The highest BCUT2D eigenvalue weighted by molar-refractivity contribution is 6.06. The van der Waals surface area contributed by atoms with Gasteiger partial charge in [-0.05, 0) is 36.6 Å². The summed E-state index contributed by atoms with van der Waals surface area (Å²) in [5, 5.41) is 17.7. The van der Waals surface area contributed by atoms with E-state index >= 15 is 0 Å². The van der Waals surface area contributed by atoms with Gasteiger partial charge < -0.3 is 5.11 Å². The number of phenolic OH excluding ortho intramolecular Hbond substituents is 1. The summed E-state index contributed by atoms with van der Waals surface area (Å²) in [4.78, 5) is 16.5. The van der Waals surface area contributed by atoms with Crippen molar-refractivity contribution in [2.24, 2.45) is 5.16 Å². The lowest BCUT2D eigenvalue weighted by atomic mass is 10.0. The smallest absolute Gasteiger partial charge is 0.437 e. The SMILES string of the molecule is C/C(=N/OC(=O)Nc1cccc(C(F)(F)F)c1)c1ccc2ccccc2c1O. The highest BCUT2D eigenvalue weighted by Crippen LogP contribution is 2.31. The molecule has 0 radical (unpaired) electrons. The molecule has 5 nitrogen and oxygen atoms in total. The van der Waals surface area contributed by atoms with E-state index in [-0.39, 0.29) is 17.1 Å². The van der Waals surface area contributed by atoms with Crippen molar-refractivity contribution in [2.45, 2.75) is 13.1 Å². The third-order valence-electron chi connectivity index (χ3n) is 3.99. The Hall–Kier alpha value is -3.55. The molecular formula is C20H15F3N2O3. The van der Waals surface area contributed by atoms with Gasteiger partial charge in [0.05, 0.1) is 11.3 Å². The van der Waals surface area contributed by atoms with Gasteiger partial charge in [0, 0.05) is 16.6 Å². The number of halogens is 3. The minimum Gasteiger partial charge on any atom is -0.507 e. The number of fused-ring (bicyclic) bond motifs is 1. The summed E-state index contributed by atoms with van der Waals surface area (Å²) < 4.78 is 38.1. The fourth-order valence-electron chi connectivity index (χ4n) is 2.62. The van der Waals surface area contributed by atoms with E-state index in [0.717, 1.165) is 17.5 Å². The minimum atomic E-state index is -4.52. The first-order valence-electron chi connectivity index (χ1n) is 8.16. The van der Waals surface area contributed by atoms with Crippen molar-refractivity contribution in [3.8, 4) is 5.75 Å². The van der Waals surface area contributed by atoms with Crippen LogP contribution in [0.3, 0.4) is 0 Å². The minimum absolute atomic E-state index is 0.0127. The van der Waals surface area contributed by atoms with Gasteiger partial charge in [-0.1, -0.05) is 41.6 Å². The van der Waals surface area contributed by atoms with Crippen LogP contribution in [0.4, 0.5) is 23.7 Å². The van der Waals surface area contributed by atoms with E-state index in [2.05, 4.69) is 10.5 Å². The molecule has 0 aromatic heterocycles. The molecule has 3 aromatic carbocycles. The van der Waals surface area contributed by atoms with Gasteiger partial charge in [-0.2, -0.15) is 13.2 Å². The monoisotopic (exact) mass is 388 g/mol. The molecular weight excluding hydrogens is 373 g/mol. The zero-order valence-corrected chi connectivity index (χ0v) is 14.6. The molecule has 0 atom stereocenters. The highest BCUT2D eigenvalue weighted by Gasteiger charge is 2.30. The van der Waals surface area contributed by atoms with Gasteiger partial charge in [-0.3, -0.25) is 10.2 Å². The molecule has 3 aromatic rings. The van der Waals surface area contributed by atoms with E-state index in [0.29, 0.717) is 10.9 Å². The van der Waals surface area contributed by atoms with Crippen LogP contribution in [0, 0.1) is 0 Å². The van der Waals surface area contributed by atoms with Crippen molar-refractivity contribution in [3.05, 3.63) is 71.8 Å². The summed E-state index contributed by atoms with van der Waals surface area (Å²) in [6.45, 7) is 1.53. The number of benzene rings is 3. The summed E-state index contributed by atoms with van der Waals surface area (Å²) in [5.74, 6) is -0.0127. The van der Waals surface area contributed by atoms with E-state index in [1.807, 2.05) is 12.1 Å². The predicted octanol–water partition coefficient (Wildman–Crippen LogP) is 5.54. The number of carbonyl (C=O) groups is 1. The van der Waals surface area contributed by atoms with E-state index < -0.39 is 17.8 Å². The molecule has 0 aliphatic heterocycles. The number of anilines is 1. The van der Waals surface area contributed by atoms with Gasteiger partial charge in [0.15, 0.2) is 0 Å². The molecule has 0 saturated heterocycles. The second kappa shape index (κ2) is 7.59. The molecule has 0 saturated carbocycles. The molecule has 0 fully saturated rings. The van der Waals surface area contributed by atoms with Crippen LogP contribution in [0.25, 0.3) is 10.8 Å². The Kier molecular flexibility index (Phi) is 5.21. The first-order valence-corrected chi connectivity index (χ1v) is 8.16. The van der Waals surface area contributed by atoms with Gasteiger partial charge in [0.25, 0.3) is 0 Å². The number of aromatic hydroxyl groups is 1. The molecule has 0 heterocycles. The van der Waals surface area contributed by atoms with Crippen LogP contribution in [0.15, 0.2) is 65.8 Å². The number of phenols is 1. The van der Waals surface area contributed by atoms with Crippen LogP contribution in [0.5, 0.6) is 5.75 Å². The van der Waals surface area contributed by atoms with E-state index in [9.17, 15) is 23.1 Å². The van der Waals surface area contributed by atoms with Crippen molar-refractivity contribution < 1.29 is 27.9 Å². The zero-order chi connectivity index (χ0) is 20.3. The zero-order valence-electron chi connectivity index (χ0n) is 14.6. The molecule has 0 unspecified atom stereocenters. The lowest BCUT2D eigenvalue weighted by Crippen LogP contribution is -2.13. The van der Waals surface area contributed by atoms with Crippen LogP contribution in [-0.4, -0.2) is 16.9 Å². The first-order chi connectivity index (χ1) is 13.3. The largest absolute Gasteiger partial charge is 0.507 e. The molecule has 2 N–H and O–H groups in total. The Morgan fingerprint density at radius 3 is 2.57 bits per heavy atom. The molecule has 0 bridgehead atoms. The summed E-state index contributed by atoms with van der Waals surface area (Å²) in [7, 11) is 0. The number of amides is 1. The summed E-state index contributed by atoms with van der Waals surface area (Å²) in [6.07, 6.45) is -5.58. The molecule has 3 rings (SSSR count). The number of nitrogens with zero attached hydrogens (tertiary/aromatic N) is 1. The van der Waals surface area contributed by atoms with Crippen LogP contribution in [-0.2, 0) is 11.0 Å². The van der Waals surface area contributed by atoms with E-state index in [1.54, 1.807) is 24.3 Å². The van der Waals surface area contributed by atoms with Gasteiger partial charge >= 0.3 is 12.3 Å².